The van der Waals surface area contributed by atoms with Gasteiger partial charge in [-0.25, -0.2) is 0 Å². The van der Waals surface area contributed by atoms with E-state index in [2.05, 4.69) is 20.8 Å². The number of carbonyl (C=O) groups is 2. The Bertz CT molecular complexity index is 1820. The van der Waals surface area contributed by atoms with Crippen molar-refractivity contribution in [2.75, 3.05) is 16.4 Å². The van der Waals surface area contributed by atoms with Crippen LogP contribution < -0.4 is 16.4 Å². The standard InChI is InChI=1S/C20H19N7O8S2.ClH.K/c1-26-14(8-17(21)24-26)20(29)23-18-9-15(27(2)25-18)19(28)22-11-4-3-10-5-12(36(30,31)32)7-16(13(10)6-11)37(33,34)35;;/h3-9H,1-2H3,(H2,21,24)(H,22,28)(H,23,25,29)(H,30,31,32)(H,33,34,35);1H;. The first-order chi connectivity index (χ1) is 17.1. The number of nitrogens with one attached hydrogen (secondary N) is 2. The molecule has 1 radical (unpaired) electrons. The maximum Gasteiger partial charge on any atom is 0.295 e. The number of aromatic nitrogens is 4. The van der Waals surface area contributed by atoms with Crippen LogP contribution in [-0.4, -0.2) is 109 Å². The van der Waals surface area contributed by atoms with Crippen molar-refractivity contribution < 1.29 is 35.5 Å². The number of benzene rings is 2. The van der Waals surface area contributed by atoms with Crippen molar-refractivity contribution in [2.45, 2.75) is 9.79 Å². The Balaban J connectivity index is 0.00000267. The second-order valence-corrected chi connectivity index (χ2v) is 10.6. The van der Waals surface area contributed by atoms with Crippen molar-refractivity contribution in [3.8, 4) is 0 Å². The molecule has 4 aromatic rings. The molecule has 2 amide bonds. The van der Waals surface area contributed by atoms with Gasteiger partial charge in [-0.15, -0.1) is 12.4 Å². The Hall–Kier alpha value is -2.39. The van der Waals surface area contributed by atoms with Crippen LogP contribution in [0.3, 0.4) is 0 Å². The molecule has 0 bridgehead atoms. The maximum atomic E-state index is 12.9. The molecule has 0 spiro atoms. The Morgan fingerprint density at radius 2 is 1.44 bits per heavy atom. The van der Waals surface area contributed by atoms with Crippen LogP contribution in [0.15, 0.2) is 52.3 Å². The van der Waals surface area contributed by atoms with Gasteiger partial charge in [-0.3, -0.25) is 28.1 Å². The molecule has 0 aliphatic heterocycles. The van der Waals surface area contributed by atoms with E-state index in [-0.39, 0.29) is 103 Å². The molecule has 0 atom stereocenters. The number of fused-ring (bicyclic) bond motifs is 1. The van der Waals surface area contributed by atoms with Crippen LogP contribution in [0.4, 0.5) is 17.3 Å². The maximum absolute atomic E-state index is 12.9. The number of carbonyl (C=O) groups excluding carboxylic acids is 2. The molecular weight excluding hydrogens is 605 g/mol. The molecule has 4 rings (SSSR count). The van der Waals surface area contributed by atoms with Gasteiger partial charge >= 0.3 is 0 Å². The molecule has 2 heterocycles. The Kier molecular flexibility index (Phi) is 10.1. The third-order valence-electron chi connectivity index (χ3n) is 5.21. The first-order valence-electron chi connectivity index (χ1n) is 10.1. The van der Waals surface area contributed by atoms with Gasteiger partial charge in [-0.2, -0.15) is 27.0 Å². The summed E-state index contributed by atoms with van der Waals surface area (Å²) in [5, 5.41) is 13.0. The average Bonchev–Trinajstić information content (AvgIpc) is 3.32. The van der Waals surface area contributed by atoms with Crippen molar-refractivity contribution in [3.05, 3.63) is 53.9 Å². The van der Waals surface area contributed by atoms with Gasteiger partial charge in [0.1, 0.15) is 22.1 Å². The Morgan fingerprint density at radius 1 is 0.846 bits per heavy atom. The van der Waals surface area contributed by atoms with E-state index in [1.54, 1.807) is 0 Å². The van der Waals surface area contributed by atoms with E-state index in [0.29, 0.717) is 6.07 Å². The number of hydrogen-bond acceptors (Lipinski definition) is 9. The van der Waals surface area contributed by atoms with E-state index >= 15 is 0 Å². The van der Waals surface area contributed by atoms with Gasteiger partial charge in [0, 0.05) is 88.7 Å². The molecule has 19 heteroatoms. The van der Waals surface area contributed by atoms with Gasteiger partial charge in [-0.1, -0.05) is 6.07 Å². The topological polar surface area (TPSA) is 229 Å². The first-order valence-corrected chi connectivity index (χ1v) is 13.0. The summed E-state index contributed by atoms with van der Waals surface area (Å²) in [6, 6.07) is 8.13. The number of aryl methyl sites for hydroxylation is 2. The molecular formula is C20H20ClKN7O8S2. The summed E-state index contributed by atoms with van der Waals surface area (Å²) in [5.74, 6) is -1.03. The summed E-state index contributed by atoms with van der Waals surface area (Å²) in [7, 11) is -6.68. The minimum absolute atomic E-state index is 0. The molecule has 0 saturated carbocycles. The van der Waals surface area contributed by atoms with E-state index < -0.39 is 41.8 Å². The van der Waals surface area contributed by atoms with Gasteiger partial charge in [0.25, 0.3) is 32.1 Å². The number of halogens is 1. The minimum atomic E-state index is -4.91. The molecule has 2 aromatic heterocycles. The van der Waals surface area contributed by atoms with Crippen molar-refractivity contribution >= 4 is 124 Å². The normalized spacial score (nSPS) is 11.4. The predicted octanol–water partition coefficient (Wildman–Crippen LogP) is 0.928. The number of rotatable bonds is 6. The molecule has 2 aromatic carbocycles. The number of nitrogens with two attached hydrogens (primary N) is 1. The van der Waals surface area contributed by atoms with Crippen LogP contribution in [0, 0.1) is 0 Å². The van der Waals surface area contributed by atoms with Crippen LogP contribution in [0.2, 0.25) is 0 Å². The van der Waals surface area contributed by atoms with Gasteiger partial charge in [0.05, 0.1) is 4.90 Å². The average molecular weight is 625 g/mol. The summed E-state index contributed by atoms with van der Waals surface area (Å²) < 4.78 is 68.1. The zero-order valence-electron chi connectivity index (χ0n) is 20.5. The molecule has 0 saturated heterocycles. The van der Waals surface area contributed by atoms with Gasteiger partial charge in [0.15, 0.2) is 5.82 Å². The second kappa shape index (κ2) is 12.0. The summed E-state index contributed by atoms with van der Waals surface area (Å²) in [6.45, 7) is 0. The van der Waals surface area contributed by atoms with E-state index in [9.17, 15) is 35.5 Å². The molecule has 6 N–H and O–H groups in total. The van der Waals surface area contributed by atoms with E-state index in [1.165, 1.54) is 53.8 Å². The van der Waals surface area contributed by atoms with Crippen molar-refractivity contribution in [1.29, 1.82) is 0 Å². The van der Waals surface area contributed by atoms with Crippen molar-refractivity contribution in [3.63, 3.8) is 0 Å². The fraction of sp³-hybridized carbons (Fsp3) is 0.100. The fourth-order valence-corrected chi connectivity index (χ4v) is 4.90. The number of hydrogen-bond donors (Lipinski definition) is 5. The first kappa shape index (κ1) is 32.8. The molecule has 39 heavy (non-hydrogen) atoms. The van der Waals surface area contributed by atoms with Crippen LogP contribution in [0.5, 0.6) is 0 Å². The Morgan fingerprint density at radius 3 is 2.00 bits per heavy atom. The number of nitrogens with zero attached hydrogens (tertiary/aromatic N) is 4. The number of amides is 2. The number of anilines is 3. The third kappa shape index (κ3) is 7.22. The molecule has 0 unspecified atom stereocenters. The smallest absolute Gasteiger partial charge is 0.295 e. The number of nitrogen functional groups attached to an aromatic ring is 1. The quantitative estimate of drug-likeness (QED) is 0.150. The van der Waals surface area contributed by atoms with Crippen molar-refractivity contribution in [2.24, 2.45) is 14.1 Å². The van der Waals surface area contributed by atoms with E-state index in [1.807, 2.05) is 0 Å². The van der Waals surface area contributed by atoms with Crippen LogP contribution in [0.25, 0.3) is 10.8 Å². The Labute approximate surface area is 270 Å². The second-order valence-electron chi connectivity index (χ2n) is 7.83. The van der Waals surface area contributed by atoms with E-state index in [0.717, 1.165) is 6.07 Å². The predicted molar refractivity (Wildman–Crippen MR) is 143 cm³/mol. The molecule has 0 fully saturated rings. The molecule has 15 nitrogen and oxygen atoms in total. The van der Waals surface area contributed by atoms with Gasteiger partial charge < -0.3 is 16.4 Å². The summed E-state index contributed by atoms with van der Waals surface area (Å²) in [5.41, 5.74) is 5.86. The monoisotopic (exact) mass is 624 g/mol. The summed E-state index contributed by atoms with van der Waals surface area (Å²) in [4.78, 5) is 23.8. The van der Waals surface area contributed by atoms with E-state index in [4.69, 9.17) is 5.73 Å². The van der Waals surface area contributed by atoms with Crippen LogP contribution in [-0.2, 0) is 34.3 Å². The molecule has 203 valence electrons. The fourth-order valence-electron chi connectivity index (χ4n) is 3.56. The molecule has 0 aliphatic carbocycles. The minimum Gasteiger partial charge on any atom is -0.382 e. The SMILES string of the molecule is Cl.Cn1nc(NC(=O)c2cc(N)nn2C)cc1C(=O)Nc1ccc2cc(S(=O)(=O)O)cc(S(=O)(=O)O)c2c1.[K]. The van der Waals surface area contributed by atoms with Gasteiger partial charge in [0.2, 0.25) is 0 Å². The van der Waals surface area contributed by atoms with Crippen LogP contribution in [0.1, 0.15) is 21.0 Å². The largest absolute Gasteiger partial charge is 0.382 e. The van der Waals surface area contributed by atoms with Gasteiger partial charge in [-0.05, 0) is 29.7 Å². The zero-order chi connectivity index (χ0) is 27.3. The zero-order valence-corrected chi connectivity index (χ0v) is 26.0. The summed E-state index contributed by atoms with van der Waals surface area (Å²) >= 11 is 0. The summed E-state index contributed by atoms with van der Waals surface area (Å²) in [6.07, 6.45) is 0. The third-order valence-corrected chi connectivity index (χ3v) is 6.93. The van der Waals surface area contributed by atoms with Crippen LogP contribution >= 0.6 is 12.4 Å². The van der Waals surface area contributed by atoms with Crippen molar-refractivity contribution in [1.82, 2.24) is 19.6 Å². The molecule has 0 aliphatic rings.